The van der Waals surface area contributed by atoms with Crippen molar-refractivity contribution in [3.63, 3.8) is 0 Å². The fourth-order valence-corrected chi connectivity index (χ4v) is 6.96. The molecule has 2 radical (unpaired) electrons. The van der Waals surface area contributed by atoms with Crippen LogP contribution in [0.1, 0.15) is 36.6 Å². The molecule has 5 atom stereocenters. The van der Waals surface area contributed by atoms with Gasteiger partial charge in [0.2, 0.25) is 0 Å². The highest BCUT2D eigenvalue weighted by molar-refractivity contribution is 6.34. The van der Waals surface area contributed by atoms with E-state index < -0.39 is 18.1 Å². The van der Waals surface area contributed by atoms with Crippen molar-refractivity contribution in [2.45, 2.75) is 44.4 Å². The number of amides is 1. The maximum Gasteiger partial charge on any atom is 0.407 e. The summed E-state index contributed by atoms with van der Waals surface area (Å²) >= 11 is 0. The van der Waals surface area contributed by atoms with E-state index in [1.807, 2.05) is 6.55 Å². The van der Waals surface area contributed by atoms with Crippen LogP contribution in [0.2, 0.25) is 6.55 Å². The van der Waals surface area contributed by atoms with E-state index in [0.29, 0.717) is 28.0 Å². The lowest BCUT2D eigenvalue weighted by atomic mass is 9.64. The van der Waals surface area contributed by atoms with E-state index in [2.05, 4.69) is 46.1 Å². The molecule has 176 valence electrons. The van der Waals surface area contributed by atoms with E-state index >= 15 is 0 Å². The van der Waals surface area contributed by atoms with Crippen molar-refractivity contribution >= 4 is 32.5 Å². The molecule has 5 unspecified atom stereocenters. The average Bonchev–Trinajstić information content (AvgIpc) is 3.13. The number of ether oxygens (including phenoxy) is 2. The van der Waals surface area contributed by atoms with Gasteiger partial charge in [-0.15, -0.1) is 0 Å². The minimum absolute atomic E-state index is 0.141. The van der Waals surface area contributed by atoms with Crippen LogP contribution in [0.4, 0.5) is 4.79 Å². The Kier molecular flexibility index (Phi) is 6.22. The number of fused-ring (bicyclic) bond motifs is 6. The highest BCUT2D eigenvalue weighted by Gasteiger charge is 2.51. The van der Waals surface area contributed by atoms with E-state index in [9.17, 15) is 9.59 Å². The van der Waals surface area contributed by atoms with Crippen molar-refractivity contribution in [1.82, 2.24) is 14.8 Å². The standard InChI is InChI=1S/C25H33N3O4Si/c1-27-19-7-5-4-6-16(19)17-10-11-28-13-15-8-9-21(32-25(30)26-14-33-3)22(24(29)31-2)18(15)12-20(28)23(17)27/h4-7,15,18,20-22H,8-14H2,1-3H3,(H,26,30). The van der Waals surface area contributed by atoms with Crippen molar-refractivity contribution < 1.29 is 19.1 Å². The Morgan fingerprint density at radius 3 is 2.85 bits per heavy atom. The number of methoxy groups -OCH3 is 1. The fourth-order valence-electron chi connectivity index (χ4n) is 6.64. The highest BCUT2D eigenvalue weighted by atomic mass is 28.2. The molecule has 2 aliphatic heterocycles. The molecule has 1 aromatic heterocycles. The molecule has 1 aromatic carbocycles. The lowest BCUT2D eigenvalue weighted by Gasteiger charge is -2.51. The summed E-state index contributed by atoms with van der Waals surface area (Å²) in [6.07, 6.45) is 3.38. The quantitative estimate of drug-likeness (QED) is 0.553. The van der Waals surface area contributed by atoms with Crippen LogP contribution >= 0.6 is 0 Å². The van der Waals surface area contributed by atoms with E-state index in [4.69, 9.17) is 9.47 Å². The van der Waals surface area contributed by atoms with Gasteiger partial charge in [0, 0.05) is 42.9 Å². The number of benzene rings is 1. The normalized spacial score (nSPS) is 29.0. The van der Waals surface area contributed by atoms with Gasteiger partial charge in [0.05, 0.1) is 28.6 Å². The van der Waals surface area contributed by atoms with Gasteiger partial charge in [-0.05, 0) is 49.1 Å². The lowest BCUT2D eigenvalue weighted by Crippen LogP contribution is -2.54. The van der Waals surface area contributed by atoms with Gasteiger partial charge in [0.25, 0.3) is 0 Å². The maximum absolute atomic E-state index is 13.0. The molecular weight excluding hydrogens is 434 g/mol. The number of rotatable bonds is 4. The minimum Gasteiger partial charge on any atom is -0.469 e. The summed E-state index contributed by atoms with van der Waals surface area (Å²) in [4.78, 5) is 27.9. The Bertz CT molecular complexity index is 1050. The molecule has 7 nitrogen and oxygen atoms in total. The second-order valence-electron chi connectivity index (χ2n) is 9.64. The Morgan fingerprint density at radius 2 is 2.06 bits per heavy atom. The van der Waals surface area contributed by atoms with Crippen LogP contribution in [-0.2, 0) is 27.7 Å². The predicted molar refractivity (Wildman–Crippen MR) is 127 cm³/mol. The van der Waals surface area contributed by atoms with Crippen LogP contribution in [-0.4, -0.2) is 63.5 Å². The molecular formula is C25H33N3O4Si. The Labute approximate surface area is 197 Å². The van der Waals surface area contributed by atoms with Crippen LogP contribution in [0.3, 0.4) is 0 Å². The second-order valence-corrected chi connectivity index (χ2v) is 10.7. The molecule has 1 saturated carbocycles. The third-order valence-electron chi connectivity index (χ3n) is 8.06. The Hall–Kier alpha value is -2.32. The highest BCUT2D eigenvalue weighted by Crippen LogP contribution is 2.50. The van der Waals surface area contributed by atoms with E-state index in [0.717, 1.165) is 32.4 Å². The third kappa shape index (κ3) is 3.87. The first-order valence-corrected chi connectivity index (χ1v) is 13.7. The number of nitrogens with one attached hydrogen (secondary N) is 1. The van der Waals surface area contributed by atoms with Crippen LogP contribution in [0.25, 0.3) is 10.9 Å². The van der Waals surface area contributed by atoms with Crippen molar-refractivity contribution in [2.24, 2.45) is 24.8 Å². The number of hydrogen-bond donors (Lipinski definition) is 1. The predicted octanol–water partition coefficient (Wildman–Crippen LogP) is 3.10. The van der Waals surface area contributed by atoms with Crippen LogP contribution in [0.15, 0.2) is 24.3 Å². The zero-order valence-corrected chi connectivity index (χ0v) is 20.7. The van der Waals surface area contributed by atoms with Gasteiger partial charge in [-0.2, -0.15) is 0 Å². The van der Waals surface area contributed by atoms with Crippen LogP contribution in [0.5, 0.6) is 0 Å². The number of para-hydroxylation sites is 1. The number of carbonyl (C=O) groups excluding carboxylic acids is 2. The van der Waals surface area contributed by atoms with Crippen molar-refractivity contribution in [3.05, 3.63) is 35.5 Å². The number of alkyl carbamates (subject to hydrolysis) is 1. The Balaban J connectivity index is 1.45. The van der Waals surface area contributed by atoms with Crippen LogP contribution < -0.4 is 5.32 Å². The minimum atomic E-state index is -0.430. The maximum atomic E-state index is 13.0. The molecule has 3 aliphatic rings. The number of hydrogen-bond acceptors (Lipinski definition) is 5. The van der Waals surface area contributed by atoms with Gasteiger partial charge in [0.1, 0.15) is 6.10 Å². The summed E-state index contributed by atoms with van der Waals surface area (Å²) in [7, 11) is 4.23. The van der Waals surface area contributed by atoms with Gasteiger partial charge in [-0.25, -0.2) is 4.79 Å². The number of aromatic nitrogens is 1. The van der Waals surface area contributed by atoms with E-state index in [1.54, 1.807) is 0 Å². The summed E-state index contributed by atoms with van der Waals surface area (Å²) in [5, 5.41) is 4.14. The number of nitrogens with zero attached hydrogens (tertiary/aromatic N) is 2. The number of aryl methyl sites for hydroxylation is 1. The largest absolute Gasteiger partial charge is 0.469 e. The van der Waals surface area contributed by atoms with Gasteiger partial charge < -0.3 is 19.4 Å². The smallest absolute Gasteiger partial charge is 0.407 e. The molecule has 1 N–H and O–H groups in total. The molecule has 1 saturated heterocycles. The molecule has 2 fully saturated rings. The first-order chi connectivity index (χ1) is 16.0. The number of esters is 1. The summed E-state index contributed by atoms with van der Waals surface area (Å²) in [6, 6.07) is 8.91. The summed E-state index contributed by atoms with van der Waals surface area (Å²) in [5.41, 5.74) is 4.11. The summed E-state index contributed by atoms with van der Waals surface area (Å²) < 4.78 is 13.4. The second kappa shape index (κ2) is 9.14. The SMILES string of the molecule is COC(=O)C1C(OC(=O)NC[Si]C)CCC2CN3CCc4c(n(C)c5ccccc45)C3CC21. The molecule has 2 aromatic rings. The zero-order valence-electron chi connectivity index (χ0n) is 19.7. The first-order valence-electron chi connectivity index (χ1n) is 12.0. The monoisotopic (exact) mass is 467 g/mol. The van der Waals surface area contributed by atoms with Crippen molar-refractivity contribution in [3.8, 4) is 0 Å². The molecule has 5 rings (SSSR count). The molecule has 33 heavy (non-hydrogen) atoms. The van der Waals surface area contributed by atoms with E-state index in [-0.39, 0.29) is 17.9 Å². The average molecular weight is 468 g/mol. The zero-order chi connectivity index (χ0) is 23.1. The third-order valence-corrected chi connectivity index (χ3v) is 8.59. The number of carbonyl (C=O) groups is 2. The van der Waals surface area contributed by atoms with Crippen molar-refractivity contribution in [1.29, 1.82) is 0 Å². The lowest BCUT2D eigenvalue weighted by molar-refractivity contribution is -0.160. The van der Waals surface area contributed by atoms with Crippen molar-refractivity contribution in [2.75, 3.05) is 26.4 Å². The Morgan fingerprint density at radius 1 is 1.24 bits per heavy atom. The fraction of sp³-hybridized carbons (Fsp3) is 0.600. The van der Waals surface area contributed by atoms with Gasteiger partial charge >= 0.3 is 12.1 Å². The summed E-state index contributed by atoms with van der Waals surface area (Å²) in [5.74, 6) is -0.101. The molecule has 8 heteroatoms. The summed E-state index contributed by atoms with van der Waals surface area (Å²) in [6.45, 7) is 4.07. The van der Waals surface area contributed by atoms with E-state index in [1.165, 1.54) is 29.3 Å². The molecule has 0 bridgehead atoms. The topological polar surface area (TPSA) is 72.8 Å². The molecule has 3 heterocycles. The molecule has 1 aliphatic carbocycles. The van der Waals surface area contributed by atoms with Gasteiger partial charge in [-0.3, -0.25) is 9.69 Å². The molecule has 0 spiro atoms. The molecule has 1 amide bonds. The van der Waals surface area contributed by atoms with Crippen LogP contribution in [0, 0.1) is 17.8 Å². The first kappa shape index (κ1) is 22.5. The van der Waals surface area contributed by atoms with Gasteiger partial charge in [-0.1, -0.05) is 24.7 Å². The number of piperidine rings is 1. The van der Waals surface area contributed by atoms with Gasteiger partial charge in [0.15, 0.2) is 0 Å².